The van der Waals surface area contributed by atoms with Crippen LogP contribution >= 0.6 is 23.2 Å². The van der Waals surface area contributed by atoms with Crippen LogP contribution in [0, 0.1) is 0 Å². The van der Waals surface area contributed by atoms with Crippen molar-refractivity contribution in [1.29, 1.82) is 0 Å². The Morgan fingerprint density at radius 3 is 2.42 bits per heavy atom. The fourth-order valence-electron chi connectivity index (χ4n) is 2.21. The molecule has 0 spiro atoms. The fraction of sp³-hybridized carbons (Fsp3) is 0.500. The first-order valence-electron chi connectivity index (χ1n) is 6.07. The third-order valence-electron chi connectivity index (χ3n) is 3.37. The van der Waals surface area contributed by atoms with Gasteiger partial charge in [-0.1, -0.05) is 23.2 Å². The maximum atomic E-state index is 12.5. The van der Waals surface area contributed by atoms with Crippen LogP contribution in [0.15, 0.2) is 23.1 Å². The van der Waals surface area contributed by atoms with Crippen molar-refractivity contribution < 1.29 is 8.42 Å². The lowest BCUT2D eigenvalue weighted by molar-refractivity contribution is 0.298. The van der Waals surface area contributed by atoms with Crippen LogP contribution in [0.25, 0.3) is 0 Å². The molecule has 0 saturated carbocycles. The van der Waals surface area contributed by atoms with E-state index in [1.165, 1.54) is 16.4 Å². The highest BCUT2D eigenvalue weighted by atomic mass is 35.5. The summed E-state index contributed by atoms with van der Waals surface area (Å²) in [4.78, 5) is 0.126. The summed E-state index contributed by atoms with van der Waals surface area (Å²) in [7, 11) is -1.63. The lowest BCUT2D eigenvalue weighted by Gasteiger charge is -2.31. The van der Waals surface area contributed by atoms with Crippen molar-refractivity contribution in [2.75, 3.05) is 20.1 Å². The lowest BCUT2D eigenvalue weighted by Crippen LogP contribution is -2.43. The number of hydrogen-bond donors (Lipinski definition) is 1. The highest BCUT2D eigenvalue weighted by Crippen LogP contribution is 2.29. The van der Waals surface area contributed by atoms with Gasteiger partial charge in [0.05, 0.1) is 5.02 Å². The van der Waals surface area contributed by atoms with Gasteiger partial charge in [-0.2, -0.15) is 4.31 Å². The summed E-state index contributed by atoms with van der Waals surface area (Å²) < 4.78 is 26.5. The number of hydrogen-bond acceptors (Lipinski definition) is 3. The van der Waals surface area contributed by atoms with Crippen LogP contribution in [0.3, 0.4) is 0 Å². The lowest BCUT2D eigenvalue weighted by atomic mass is 10.1. The molecule has 0 atom stereocenters. The highest BCUT2D eigenvalue weighted by molar-refractivity contribution is 7.89. The molecule has 2 rings (SSSR count). The van der Waals surface area contributed by atoms with Crippen LogP contribution in [0.2, 0.25) is 10.0 Å². The Balaban J connectivity index is 2.23. The average molecular weight is 323 g/mol. The number of nitrogens with one attached hydrogen (secondary N) is 1. The summed E-state index contributed by atoms with van der Waals surface area (Å²) in [6.45, 7) is 1.01. The molecule has 1 aliphatic heterocycles. The molecule has 0 bridgehead atoms. The summed E-state index contributed by atoms with van der Waals surface area (Å²) in [6, 6.07) is 4.84. The number of halogens is 2. The Bertz CT molecular complexity index is 555. The van der Waals surface area contributed by atoms with Gasteiger partial charge >= 0.3 is 0 Å². The van der Waals surface area contributed by atoms with Gasteiger partial charge in [0.25, 0.3) is 0 Å². The van der Waals surface area contributed by atoms with Gasteiger partial charge < -0.3 is 5.32 Å². The predicted octanol–water partition coefficient (Wildman–Crippen LogP) is 2.37. The zero-order chi connectivity index (χ0) is 14.0. The Morgan fingerprint density at radius 1 is 1.26 bits per heavy atom. The van der Waals surface area contributed by atoms with E-state index in [9.17, 15) is 8.42 Å². The molecule has 0 aliphatic carbocycles. The molecule has 0 radical (unpaired) electrons. The molecule has 1 saturated heterocycles. The van der Waals surface area contributed by atoms with Gasteiger partial charge in [0.1, 0.15) is 4.90 Å². The summed E-state index contributed by atoms with van der Waals surface area (Å²) in [5.74, 6) is 0. The second-order valence-corrected chi connectivity index (χ2v) is 7.29. The Kier molecular flexibility index (Phi) is 4.74. The van der Waals surface area contributed by atoms with Gasteiger partial charge in [-0.3, -0.25) is 0 Å². The van der Waals surface area contributed by atoms with Crippen molar-refractivity contribution in [3.63, 3.8) is 0 Å². The van der Waals surface area contributed by atoms with Crippen molar-refractivity contribution >= 4 is 33.2 Å². The van der Waals surface area contributed by atoms with E-state index in [2.05, 4.69) is 5.32 Å². The van der Waals surface area contributed by atoms with Crippen LogP contribution in [0.5, 0.6) is 0 Å². The molecule has 19 heavy (non-hydrogen) atoms. The van der Waals surface area contributed by atoms with E-state index in [0.29, 0.717) is 24.2 Å². The number of sulfonamides is 1. The Labute approximate surface area is 123 Å². The largest absolute Gasteiger partial charge is 0.317 e. The van der Waals surface area contributed by atoms with Crippen LogP contribution in [0.1, 0.15) is 12.8 Å². The van der Waals surface area contributed by atoms with Gasteiger partial charge in [0.15, 0.2) is 0 Å². The molecule has 1 aromatic carbocycles. The van der Waals surface area contributed by atoms with E-state index in [-0.39, 0.29) is 9.92 Å². The number of benzene rings is 1. The average Bonchev–Trinajstić information content (AvgIpc) is 2.38. The van der Waals surface area contributed by atoms with Gasteiger partial charge in [0.2, 0.25) is 10.0 Å². The summed E-state index contributed by atoms with van der Waals surface area (Å²) in [6.07, 6.45) is 1.61. The van der Waals surface area contributed by atoms with Gasteiger partial charge in [-0.25, -0.2) is 8.42 Å². The molecule has 1 heterocycles. The molecule has 0 unspecified atom stereocenters. The Morgan fingerprint density at radius 2 is 1.89 bits per heavy atom. The van der Waals surface area contributed by atoms with Crippen molar-refractivity contribution in [2.24, 2.45) is 0 Å². The minimum Gasteiger partial charge on any atom is -0.317 e. The third kappa shape index (κ3) is 3.23. The molecule has 7 heteroatoms. The van der Waals surface area contributed by atoms with E-state index in [0.717, 1.165) is 12.8 Å². The molecule has 1 N–H and O–H groups in total. The van der Waals surface area contributed by atoms with Gasteiger partial charge in [0, 0.05) is 24.2 Å². The molecule has 1 aliphatic rings. The SMILES string of the molecule is CNC1CCN(S(=O)(=O)c2ccc(Cl)cc2Cl)CC1. The highest BCUT2D eigenvalue weighted by Gasteiger charge is 2.30. The molecular weight excluding hydrogens is 307 g/mol. The number of rotatable bonds is 3. The second-order valence-electron chi connectivity index (χ2n) is 4.54. The molecular formula is C12H16Cl2N2O2S. The van der Waals surface area contributed by atoms with Crippen LogP contribution in [-0.4, -0.2) is 38.9 Å². The van der Waals surface area contributed by atoms with Crippen LogP contribution < -0.4 is 5.32 Å². The van der Waals surface area contributed by atoms with Gasteiger partial charge in [-0.15, -0.1) is 0 Å². The zero-order valence-corrected chi connectivity index (χ0v) is 12.9. The monoisotopic (exact) mass is 322 g/mol. The molecule has 1 fully saturated rings. The molecule has 106 valence electrons. The van der Waals surface area contributed by atoms with E-state index >= 15 is 0 Å². The normalized spacial score (nSPS) is 18.7. The maximum Gasteiger partial charge on any atom is 0.244 e. The third-order valence-corrected chi connectivity index (χ3v) is 5.99. The van der Waals surface area contributed by atoms with Crippen LogP contribution in [-0.2, 0) is 10.0 Å². The first kappa shape index (κ1) is 15.1. The summed E-state index contributed by atoms with van der Waals surface area (Å²) in [5.41, 5.74) is 0. The molecule has 0 amide bonds. The minimum atomic E-state index is -3.53. The standard InChI is InChI=1S/C12H16Cl2N2O2S/c1-15-10-4-6-16(7-5-10)19(17,18)12-3-2-9(13)8-11(12)14/h2-3,8,10,15H,4-7H2,1H3. The summed E-state index contributed by atoms with van der Waals surface area (Å²) >= 11 is 11.8. The zero-order valence-electron chi connectivity index (χ0n) is 10.6. The quantitative estimate of drug-likeness (QED) is 0.929. The van der Waals surface area contributed by atoms with Crippen molar-refractivity contribution in [3.8, 4) is 0 Å². The van der Waals surface area contributed by atoms with Crippen molar-refractivity contribution in [3.05, 3.63) is 28.2 Å². The van der Waals surface area contributed by atoms with Gasteiger partial charge in [-0.05, 0) is 38.1 Å². The molecule has 0 aromatic heterocycles. The number of piperidine rings is 1. The predicted molar refractivity (Wildman–Crippen MR) is 77.3 cm³/mol. The fourth-order valence-corrected chi connectivity index (χ4v) is 4.42. The van der Waals surface area contributed by atoms with E-state index in [1.807, 2.05) is 7.05 Å². The topological polar surface area (TPSA) is 49.4 Å². The van der Waals surface area contributed by atoms with Crippen molar-refractivity contribution in [1.82, 2.24) is 9.62 Å². The number of nitrogens with zero attached hydrogens (tertiary/aromatic N) is 1. The molecule has 4 nitrogen and oxygen atoms in total. The van der Waals surface area contributed by atoms with E-state index in [1.54, 1.807) is 6.07 Å². The summed E-state index contributed by atoms with van der Waals surface area (Å²) in [5, 5.41) is 3.77. The van der Waals surface area contributed by atoms with Crippen LogP contribution in [0.4, 0.5) is 0 Å². The Hall–Kier alpha value is -0.330. The van der Waals surface area contributed by atoms with E-state index < -0.39 is 10.0 Å². The minimum absolute atomic E-state index is 0.126. The maximum absolute atomic E-state index is 12.5. The van der Waals surface area contributed by atoms with Crippen molar-refractivity contribution in [2.45, 2.75) is 23.8 Å². The first-order valence-corrected chi connectivity index (χ1v) is 8.27. The van der Waals surface area contributed by atoms with E-state index in [4.69, 9.17) is 23.2 Å². The molecule has 1 aromatic rings. The first-order chi connectivity index (χ1) is 8.95. The second kappa shape index (κ2) is 5.97. The smallest absolute Gasteiger partial charge is 0.244 e.